The van der Waals surface area contributed by atoms with E-state index in [1.807, 2.05) is 0 Å². The van der Waals surface area contributed by atoms with Crippen molar-refractivity contribution in [2.45, 2.75) is 31.4 Å². The molecule has 2 aliphatic rings. The molecule has 2 rings (SSSR count). The largest absolute Gasteiger partial charge is 0.385 e. The topological polar surface area (TPSA) is 84.1 Å². The third-order valence-electron chi connectivity index (χ3n) is 3.87. The van der Waals surface area contributed by atoms with Gasteiger partial charge in [0.05, 0.1) is 19.3 Å². The van der Waals surface area contributed by atoms with Gasteiger partial charge in [0.2, 0.25) is 5.96 Å². The molecule has 0 aliphatic carbocycles. The normalized spacial score (nSPS) is 27.4. The SMILES string of the molecule is COCCCNC(=NCC1CN2CCCC2CO1)NN. The van der Waals surface area contributed by atoms with Gasteiger partial charge in [-0.05, 0) is 25.8 Å². The maximum atomic E-state index is 5.86. The molecule has 2 heterocycles. The zero-order valence-electron chi connectivity index (χ0n) is 12.3. The van der Waals surface area contributed by atoms with Crippen LogP contribution in [0.25, 0.3) is 0 Å². The first-order valence-electron chi connectivity index (χ1n) is 7.43. The highest BCUT2D eigenvalue weighted by molar-refractivity contribution is 5.79. The first-order valence-corrected chi connectivity index (χ1v) is 7.43. The third kappa shape index (κ3) is 4.59. The van der Waals surface area contributed by atoms with Crippen molar-refractivity contribution < 1.29 is 9.47 Å². The average Bonchev–Trinajstić information content (AvgIpc) is 2.94. The lowest BCUT2D eigenvalue weighted by Crippen LogP contribution is -2.48. The van der Waals surface area contributed by atoms with E-state index in [1.54, 1.807) is 7.11 Å². The van der Waals surface area contributed by atoms with Crippen LogP contribution < -0.4 is 16.6 Å². The number of nitrogens with zero attached hydrogens (tertiary/aromatic N) is 2. The minimum absolute atomic E-state index is 0.175. The van der Waals surface area contributed by atoms with Crippen LogP contribution in [-0.2, 0) is 9.47 Å². The van der Waals surface area contributed by atoms with Crippen LogP contribution in [0.4, 0.5) is 0 Å². The Morgan fingerprint density at radius 1 is 1.55 bits per heavy atom. The van der Waals surface area contributed by atoms with Crippen LogP contribution in [-0.4, -0.2) is 69.5 Å². The molecule has 0 amide bonds. The van der Waals surface area contributed by atoms with Crippen molar-refractivity contribution in [2.24, 2.45) is 10.8 Å². The van der Waals surface area contributed by atoms with Gasteiger partial charge in [-0.2, -0.15) is 0 Å². The molecular formula is C13H27N5O2. The Morgan fingerprint density at radius 2 is 2.45 bits per heavy atom. The molecule has 2 atom stereocenters. The zero-order valence-corrected chi connectivity index (χ0v) is 12.3. The van der Waals surface area contributed by atoms with Crippen LogP contribution in [0.5, 0.6) is 0 Å². The fourth-order valence-electron chi connectivity index (χ4n) is 2.77. The van der Waals surface area contributed by atoms with E-state index >= 15 is 0 Å². The molecule has 116 valence electrons. The van der Waals surface area contributed by atoms with Crippen LogP contribution in [0.1, 0.15) is 19.3 Å². The number of nitrogens with one attached hydrogen (secondary N) is 2. The number of fused-ring (bicyclic) bond motifs is 1. The molecule has 0 bridgehead atoms. The predicted octanol–water partition coefficient (Wildman–Crippen LogP) is -0.705. The van der Waals surface area contributed by atoms with Gasteiger partial charge in [0.15, 0.2) is 0 Å². The molecule has 0 aromatic rings. The molecule has 0 spiro atoms. The highest BCUT2D eigenvalue weighted by Gasteiger charge is 2.31. The first-order chi connectivity index (χ1) is 9.83. The molecule has 0 aromatic heterocycles. The van der Waals surface area contributed by atoms with Crippen LogP contribution >= 0.6 is 0 Å². The molecule has 7 heteroatoms. The van der Waals surface area contributed by atoms with Gasteiger partial charge in [0.1, 0.15) is 0 Å². The second-order valence-electron chi connectivity index (χ2n) is 5.35. The van der Waals surface area contributed by atoms with Crippen molar-refractivity contribution in [3.05, 3.63) is 0 Å². The van der Waals surface area contributed by atoms with Crippen molar-refractivity contribution in [2.75, 3.05) is 46.5 Å². The molecule has 4 N–H and O–H groups in total. The van der Waals surface area contributed by atoms with E-state index in [0.29, 0.717) is 18.5 Å². The summed E-state index contributed by atoms with van der Waals surface area (Å²) in [6.07, 6.45) is 3.66. The lowest BCUT2D eigenvalue weighted by atomic mass is 10.2. The Balaban J connectivity index is 1.69. The summed E-state index contributed by atoms with van der Waals surface area (Å²) in [6, 6.07) is 0.634. The number of ether oxygens (including phenoxy) is 2. The standard InChI is InChI=1S/C13H27N5O2/c1-19-7-3-5-15-13(17-14)16-8-12-9-18-6-2-4-11(18)10-20-12/h11-12H,2-10,14H2,1H3,(H2,15,16,17). The van der Waals surface area contributed by atoms with Gasteiger partial charge < -0.3 is 14.8 Å². The number of methoxy groups -OCH3 is 1. The maximum Gasteiger partial charge on any atom is 0.205 e. The van der Waals surface area contributed by atoms with Crippen LogP contribution in [0.15, 0.2) is 4.99 Å². The molecule has 0 saturated carbocycles. The number of guanidine groups is 1. The Kier molecular flexibility index (Phi) is 6.52. The fraction of sp³-hybridized carbons (Fsp3) is 0.923. The summed E-state index contributed by atoms with van der Waals surface area (Å²) in [5, 5.41) is 3.15. The summed E-state index contributed by atoms with van der Waals surface area (Å²) < 4.78 is 10.9. The molecule has 20 heavy (non-hydrogen) atoms. The average molecular weight is 285 g/mol. The first kappa shape index (κ1) is 15.5. The zero-order chi connectivity index (χ0) is 14.2. The third-order valence-corrected chi connectivity index (χ3v) is 3.87. The monoisotopic (exact) mass is 285 g/mol. The number of rotatable bonds is 6. The number of hydrogen-bond donors (Lipinski definition) is 3. The van der Waals surface area contributed by atoms with Gasteiger partial charge in [0, 0.05) is 32.8 Å². The lowest BCUT2D eigenvalue weighted by Gasteiger charge is -2.34. The molecule has 7 nitrogen and oxygen atoms in total. The summed E-state index contributed by atoms with van der Waals surface area (Å²) in [6.45, 7) is 5.18. The summed E-state index contributed by atoms with van der Waals surface area (Å²) >= 11 is 0. The van der Waals surface area contributed by atoms with Gasteiger partial charge >= 0.3 is 0 Å². The summed E-state index contributed by atoms with van der Waals surface area (Å²) in [7, 11) is 1.70. The van der Waals surface area contributed by atoms with Crippen molar-refractivity contribution in [1.82, 2.24) is 15.6 Å². The Bertz CT molecular complexity index is 313. The molecule has 2 saturated heterocycles. The molecule has 2 unspecified atom stereocenters. The Hall–Kier alpha value is -0.890. The van der Waals surface area contributed by atoms with E-state index in [2.05, 4.69) is 20.6 Å². The lowest BCUT2D eigenvalue weighted by molar-refractivity contribution is -0.0432. The Labute approximate surface area is 120 Å². The van der Waals surface area contributed by atoms with E-state index in [1.165, 1.54) is 19.4 Å². The van der Waals surface area contributed by atoms with E-state index in [9.17, 15) is 0 Å². The fourth-order valence-corrected chi connectivity index (χ4v) is 2.77. The van der Waals surface area contributed by atoms with Crippen molar-refractivity contribution in [3.63, 3.8) is 0 Å². The second-order valence-corrected chi connectivity index (χ2v) is 5.35. The van der Waals surface area contributed by atoms with Crippen molar-refractivity contribution in [1.29, 1.82) is 0 Å². The molecular weight excluding hydrogens is 258 g/mol. The van der Waals surface area contributed by atoms with E-state index in [0.717, 1.165) is 32.7 Å². The van der Waals surface area contributed by atoms with E-state index in [-0.39, 0.29) is 6.10 Å². The van der Waals surface area contributed by atoms with Gasteiger partial charge in [-0.1, -0.05) is 0 Å². The summed E-state index contributed by atoms with van der Waals surface area (Å²) in [5.74, 6) is 6.08. The summed E-state index contributed by atoms with van der Waals surface area (Å²) in [5.41, 5.74) is 2.59. The van der Waals surface area contributed by atoms with Gasteiger partial charge in [0.25, 0.3) is 0 Å². The highest BCUT2D eigenvalue weighted by Crippen LogP contribution is 2.22. The van der Waals surface area contributed by atoms with Gasteiger partial charge in [-0.15, -0.1) is 0 Å². The molecule has 0 aromatic carbocycles. The smallest absolute Gasteiger partial charge is 0.205 e. The van der Waals surface area contributed by atoms with Gasteiger partial charge in [-0.3, -0.25) is 10.3 Å². The molecule has 2 fully saturated rings. The molecule has 0 radical (unpaired) electrons. The highest BCUT2D eigenvalue weighted by atomic mass is 16.5. The summed E-state index contributed by atoms with van der Waals surface area (Å²) in [4.78, 5) is 6.97. The number of hydrogen-bond acceptors (Lipinski definition) is 5. The van der Waals surface area contributed by atoms with Gasteiger partial charge in [-0.25, -0.2) is 10.8 Å². The van der Waals surface area contributed by atoms with Crippen molar-refractivity contribution in [3.8, 4) is 0 Å². The number of morpholine rings is 1. The van der Waals surface area contributed by atoms with E-state index < -0.39 is 0 Å². The minimum atomic E-state index is 0.175. The number of nitrogens with two attached hydrogens (primary N) is 1. The number of hydrazine groups is 1. The Morgan fingerprint density at radius 3 is 3.25 bits per heavy atom. The van der Waals surface area contributed by atoms with Crippen molar-refractivity contribution >= 4 is 5.96 Å². The van der Waals surface area contributed by atoms with Crippen LogP contribution in [0.3, 0.4) is 0 Å². The predicted molar refractivity (Wildman–Crippen MR) is 78.5 cm³/mol. The number of aliphatic imine (C=N–C) groups is 1. The quantitative estimate of drug-likeness (QED) is 0.197. The van der Waals surface area contributed by atoms with E-state index in [4.69, 9.17) is 15.3 Å². The molecule has 2 aliphatic heterocycles. The second kappa shape index (κ2) is 8.41. The van der Waals surface area contributed by atoms with Crippen LogP contribution in [0, 0.1) is 0 Å². The maximum absolute atomic E-state index is 5.86. The van der Waals surface area contributed by atoms with Crippen LogP contribution in [0.2, 0.25) is 0 Å². The minimum Gasteiger partial charge on any atom is -0.385 e.